The lowest BCUT2D eigenvalue weighted by molar-refractivity contribution is 0.199. The van der Waals surface area contributed by atoms with Gasteiger partial charge in [-0.2, -0.15) is 5.26 Å². The normalized spacial score (nSPS) is 21.2. The van der Waals surface area contributed by atoms with Crippen LogP contribution in [0.25, 0.3) is 0 Å². The zero-order valence-corrected chi connectivity index (χ0v) is 10.4. The highest BCUT2D eigenvalue weighted by Crippen LogP contribution is 2.21. The van der Waals surface area contributed by atoms with Crippen LogP contribution in [0.1, 0.15) is 19.4 Å². The number of nitriles is 1. The van der Waals surface area contributed by atoms with E-state index in [1.807, 2.05) is 0 Å². The number of nitrogens with zero attached hydrogens (tertiary/aromatic N) is 4. The summed E-state index contributed by atoms with van der Waals surface area (Å²) >= 11 is 0. The Morgan fingerprint density at radius 2 is 2.35 bits per heavy atom. The molecule has 1 aromatic rings. The van der Waals surface area contributed by atoms with Gasteiger partial charge < -0.3 is 4.90 Å². The summed E-state index contributed by atoms with van der Waals surface area (Å²) in [5.74, 6) is 0. The predicted molar refractivity (Wildman–Crippen MR) is 67.9 cm³/mol. The second-order valence-electron chi connectivity index (χ2n) is 4.43. The molecule has 0 spiro atoms. The van der Waals surface area contributed by atoms with E-state index in [9.17, 15) is 0 Å². The number of anilines is 1. The summed E-state index contributed by atoms with van der Waals surface area (Å²) in [6, 6.07) is 4.55. The topological polar surface area (TPSA) is 43.2 Å². The molecule has 0 radical (unpaired) electrons. The molecule has 1 saturated heterocycles. The fraction of sp³-hybridized carbons (Fsp3) is 0.538. The molecule has 1 fully saturated rings. The first-order chi connectivity index (χ1) is 8.26. The molecule has 0 aromatic carbocycles. The minimum absolute atomic E-state index is 0.528. The van der Waals surface area contributed by atoms with Gasteiger partial charge in [0.1, 0.15) is 6.07 Å². The zero-order chi connectivity index (χ0) is 12.3. The summed E-state index contributed by atoms with van der Waals surface area (Å²) in [4.78, 5) is 8.85. The fourth-order valence-corrected chi connectivity index (χ4v) is 2.42. The van der Waals surface area contributed by atoms with Crippen molar-refractivity contribution in [3.8, 4) is 6.07 Å². The third-order valence-electron chi connectivity index (χ3n) is 3.43. The van der Waals surface area contributed by atoms with Crippen LogP contribution in [0, 0.1) is 11.3 Å². The smallest absolute Gasteiger partial charge is 0.101 e. The van der Waals surface area contributed by atoms with Crippen molar-refractivity contribution in [3.05, 3.63) is 24.0 Å². The number of hydrogen-bond donors (Lipinski definition) is 0. The maximum Gasteiger partial charge on any atom is 0.101 e. The van der Waals surface area contributed by atoms with Gasteiger partial charge in [-0.05, 0) is 19.5 Å². The first-order valence-corrected chi connectivity index (χ1v) is 6.09. The van der Waals surface area contributed by atoms with Gasteiger partial charge in [0.15, 0.2) is 0 Å². The Morgan fingerprint density at radius 1 is 1.53 bits per heavy atom. The van der Waals surface area contributed by atoms with Crippen molar-refractivity contribution in [3.63, 3.8) is 0 Å². The highest BCUT2D eigenvalue weighted by atomic mass is 15.3. The number of rotatable bonds is 2. The highest BCUT2D eigenvalue weighted by molar-refractivity contribution is 5.57. The van der Waals surface area contributed by atoms with Crippen LogP contribution in [0.3, 0.4) is 0 Å². The van der Waals surface area contributed by atoms with Gasteiger partial charge in [-0.25, -0.2) is 0 Å². The lowest BCUT2D eigenvalue weighted by Gasteiger charge is -2.40. The van der Waals surface area contributed by atoms with Crippen molar-refractivity contribution in [2.75, 3.05) is 31.1 Å². The monoisotopic (exact) mass is 230 g/mol. The van der Waals surface area contributed by atoms with Crippen LogP contribution in [-0.4, -0.2) is 42.1 Å². The van der Waals surface area contributed by atoms with Crippen LogP contribution >= 0.6 is 0 Å². The fourth-order valence-electron chi connectivity index (χ4n) is 2.42. The van der Waals surface area contributed by atoms with Gasteiger partial charge in [0, 0.05) is 31.9 Å². The third kappa shape index (κ3) is 2.40. The Morgan fingerprint density at radius 3 is 3.00 bits per heavy atom. The summed E-state index contributed by atoms with van der Waals surface area (Å²) in [5, 5.41) is 9.10. The molecule has 1 unspecified atom stereocenters. The molecule has 1 aliphatic rings. The Kier molecular flexibility index (Phi) is 3.60. The second-order valence-corrected chi connectivity index (χ2v) is 4.43. The average Bonchev–Trinajstić information content (AvgIpc) is 2.38. The Bertz CT molecular complexity index is 424. The molecule has 0 aliphatic carbocycles. The molecule has 1 atom stereocenters. The van der Waals surface area contributed by atoms with E-state index in [2.05, 4.69) is 34.7 Å². The van der Waals surface area contributed by atoms with Crippen LogP contribution in [0.5, 0.6) is 0 Å². The predicted octanol–water partition coefficient (Wildman–Crippen LogP) is 1.48. The van der Waals surface area contributed by atoms with Gasteiger partial charge in [-0.15, -0.1) is 0 Å². The summed E-state index contributed by atoms with van der Waals surface area (Å²) in [6.07, 6.45) is 3.47. The van der Waals surface area contributed by atoms with E-state index in [0.717, 1.165) is 37.4 Å². The molecule has 1 aliphatic heterocycles. The van der Waals surface area contributed by atoms with Crippen molar-refractivity contribution in [1.82, 2.24) is 9.88 Å². The quantitative estimate of drug-likeness (QED) is 0.772. The minimum atomic E-state index is 0.528. The molecular formula is C13H18N4. The second kappa shape index (κ2) is 5.15. The molecule has 0 bridgehead atoms. The zero-order valence-electron chi connectivity index (χ0n) is 10.4. The highest BCUT2D eigenvalue weighted by Gasteiger charge is 2.23. The lowest BCUT2D eigenvalue weighted by atomic mass is 10.1. The van der Waals surface area contributed by atoms with E-state index in [4.69, 9.17) is 5.26 Å². The largest absolute Gasteiger partial charge is 0.366 e. The average molecular weight is 230 g/mol. The standard InChI is InChI=1S/C13H18N4/c1-3-16-6-7-17(10-11(16)2)13-9-15-5-4-12(13)8-14/h4-5,9,11H,3,6-7,10H2,1-2H3. The molecule has 2 heterocycles. The first kappa shape index (κ1) is 11.9. The molecule has 4 nitrogen and oxygen atoms in total. The molecule has 4 heteroatoms. The van der Waals surface area contributed by atoms with Crippen LogP contribution < -0.4 is 4.90 Å². The molecule has 90 valence electrons. The van der Waals surface area contributed by atoms with Crippen molar-refractivity contribution in [2.45, 2.75) is 19.9 Å². The van der Waals surface area contributed by atoms with Gasteiger partial charge in [0.05, 0.1) is 17.4 Å². The number of aromatic nitrogens is 1. The van der Waals surface area contributed by atoms with E-state index in [1.165, 1.54) is 0 Å². The Labute approximate surface area is 102 Å². The molecule has 0 saturated carbocycles. The summed E-state index contributed by atoms with van der Waals surface area (Å²) in [7, 11) is 0. The van der Waals surface area contributed by atoms with Gasteiger partial charge in [-0.1, -0.05) is 6.92 Å². The number of pyridine rings is 1. The van der Waals surface area contributed by atoms with Gasteiger partial charge >= 0.3 is 0 Å². The summed E-state index contributed by atoms with van der Waals surface area (Å²) < 4.78 is 0. The van der Waals surface area contributed by atoms with Crippen LogP contribution in [0.15, 0.2) is 18.5 Å². The Hall–Kier alpha value is -1.60. The number of piperazine rings is 1. The molecular weight excluding hydrogens is 212 g/mol. The first-order valence-electron chi connectivity index (χ1n) is 6.09. The van der Waals surface area contributed by atoms with Crippen molar-refractivity contribution in [1.29, 1.82) is 5.26 Å². The van der Waals surface area contributed by atoms with Crippen LogP contribution in [0.2, 0.25) is 0 Å². The van der Waals surface area contributed by atoms with E-state index in [-0.39, 0.29) is 0 Å². The molecule has 2 rings (SSSR count). The summed E-state index contributed by atoms with van der Waals surface area (Å²) in [5.41, 5.74) is 1.69. The summed E-state index contributed by atoms with van der Waals surface area (Å²) in [6.45, 7) is 8.51. The van der Waals surface area contributed by atoms with Crippen LogP contribution in [-0.2, 0) is 0 Å². The third-order valence-corrected chi connectivity index (χ3v) is 3.43. The maximum atomic E-state index is 9.10. The van der Waals surface area contributed by atoms with Crippen molar-refractivity contribution in [2.24, 2.45) is 0 Å². The van der Waals surface area contributed by atoms with E-state index in [1.54, 1.807) is 18.5 Å². The van der Waals surface area contributed by atoms with Crippen LogP contribution in [0.4, 0.5) is 5.69 Å². The Balaban J connectivity index is 2.17. The SMILES string of the molecule is CCN1CCN(c2cnccc2C#N)CC1C. The molecule has 1 aromatic heterocycles. The minimum Gasteiger partial charge on any atom is -0.366 e. The van der Waals surface area contributed by atoms with Gasteiger partial charge in [0.2, 0.25) is 0 Å². The molecule has 17 heavy (non-hydrogen) atoms. The maximum absolute atomic E-state index is 9.10. The van der Waals surface area contributed by atoms with Crippen molar-refractivity contribution >= 4 is 5.69 Å². The van der Waals surface area contributed by atoms with E-state index >= 15 is 0 Å². The molecule has 0 N–H and O–H groups in total. The van der Waals surface area contributed by atoms with Gasteiger partial charge in [-0.3, -0.25) is 9.88 Å². The lowest BCUT2D eigenvalue weighted by Crippen LogP contribution is -2.51. The molecule has 0 amide bonds. The number of likely N-dealkylation sites (N-methyl/N-ethyl adjacent to an activating group) is 1. The number of hydrogen-bond acceptors (Lipinski definition) is 4. The van der Waals surface area contributed by atoms with Gasteiger partial charge in [0.25, 0.3) is 0 Å². The van der Waals surface area contributed by atoms with E-state index < -0.39 is 0 Å². The van der Waals surface area contributed by atoms with Crippen molar-refractivity contribution < 1.29 is 0 Å². The van der Waals surface area contributed by atoms with E-state index in [0.29, 0.717) is 6.04 Å².